The van der Waals surface area contributed by atoms with Crippen LogP contribution in [0.2, 0.25) is 0 Å². The number of carbonyl (C=O) groups is 2. The summed E-state index contributed by atoms with van der Waals surface area (Å²) in [6.45, 7) is 7.86. The van der Waals surface area contributed by atoms with E-state index in [-0.39, 0.29) is 29.7 Å². The minimum atomic E-state index is -0.667. The molecule has 0 atom stereocenters. The lowest BCUT2D eigenvalue weighted by Gasteiger charge is -2.32. The molecule has 1 aliphatic carbocycles. The number of carbonyl (C=O) groups excluding carboxylic acids is 2. The number of nitrogens with zero attached hydrogens (tertiary/aromatic N) is 2. The molecule has 0 bridgehead atoms. The summed E-state index contributed by atoms with van der Waals surface area (Å²) in [6, 6.07) is 12.7. The highest BCUT2D eigenvalue weighted by Crippen LogP contribution is 2.36. The summed E-state index contributed by atoms with van der Waals surface area (Å²) in [5.74, 6) is 0.132. The van der Waals surface area contributed by atoms with Gasteiger partial charge in [-0.05, 0) is 82.2 Å². The van der Waals surface area contributed by atoms with Gasteiger partial charge in [0.2, 0.25) is 5.91 Å². The van der Waals surface area contributed by atoms with Crippen molar-refractivity contribution in [1.29, 1.82) is 5.26 Å². The van der Waals surface area contributed by atoms with Crippen LogP contribution >= 0.6 is 0 Å². The van der Waals surface area contributed by atoms with Gasteiger partial charge in [-0.15, -0.1) is 0 Å². The zero-order valence-corrected chi connectivity index (χ0v) is 19.5. The molecule has 1 aromatic heterocycles. The molecule has 4 rings (SSSR count). The van der Waals surface area contributed by atoms with Gasteiger partial charge in [-0.1, -0.05) is 12.1 Å². The monoisotopic (exact) mass is 445 g/mol. The van der Waals surface area contributed by atoms with Crippen LogP contribution in [0.4, 0.5) is 5.82 Å². The number of pyridine rings is 1. The highest BCUT2D eigenvalue weighted by molar-refractivity contribution is 6.62. The number of nitriles is 1. The molecule has 7 nitrogen and oxygen atoms in total. The van der Waals surface area contributed by atoms with Crippen molar-refractivity contribution in [2.24, 2.45) is 5.92 Å². The van der Waals surface area contributed by atoms with Crippen LogP contribution in [0.15, 0.2) is 36.4 Å². The number of aromatic nitrogens is 1. The molecule has 8 heteroatoms. The van der Waals surface area contributed by atoms with Gasteiger partial charge in [0, 0.05) is 12.3 Å². The first-order valence-electron chi connectivity index (χ1n) is 11.3. The van der Waals surface area contributed by atoms with E-state index < -0.39 is 18.3 Å². The maximum atomic E-state index is 13.0. The predicted octanol–water partition coefficient (Wildman–Crippen LogP) is 3.42. The third-order valence-corrected chi connectivity index (χ3v) is 6.58. The Kier molecular flexibility index (Phi) is 6.13. The Bertz CT molecular complexity index is 1100. The van der Waals surface area contributed by atoms with Crippen molar-refractivity contribution < 1.29 is 18.9 Å². The van der Waals surface area contributed by atoms with E-state index in [1.165, 1.54) is 0 Å². The van der Waals surface area contributed by atoms with Crippen LogP contribution in [-0.4, -0.2) is 35.0 Å². The highest BCUT2D eigenvalue weighted by Gasteiger charge is 2.52. The van der Waals surface area contributed by atoms with Crippen LogP contribution in [0, 0.1) is 17.2 Å². The zero-order valence-electron chi connectivity index (χ0n) is 19.5. The Balaban J connectivity index is 1.56. The minimum Gasteiger partial charge on any atom is -0.399 e. The van der Waals surface area contributed by atoms with Crippen molar-refractivity contribution in [1.82, 2.24) is 4.98 Å². The van der Waals surface area contributed by atoms with E-state index in [1.807, 2.05) is 39.8 Å². The molecule has 1 saturated carbocycles. The summed E-state index contributed by atoms with van der Waals surface area (Å²) in [4.78, 5) is 29.8. The maximum absolute atomic E-state index is 13.0. The van der Waals surface area contributed by atoms with E-state index in [0.717, 1.165) is 18.4 Å². The summed E-state index contributed by atoms with van der Waals surface area (Å²) in [6.07, 6.45) is 2.52. The van der Waals surface area contributed by atoms with Gasteiger partial charge in [0.05, 0.1) is 22.8 Å². The van der Waals surface area contributed by atoms with Gasteiger partial charge in [-0.3, -0.25) is 9.59 Å². The first-order valence-corrected chi connectivity index (χ1v) is 11.3. The van der Waals surface area contributed by atoms with Crippen LogP contribution in [0.5, 0.6) is 0 Å². The lowest BCUT2D eigenvalue weighted by atomic mass is 9.79. The Labute approximate surface area is 194 Å². The van der Waals surface area contributed by atoms with Crippen molar-refractivity contribution in [2.75, 3.05) is 5.32 Å². The fourth-order valence-electron chi connectivity index (χ4n) is 3.58. The van der Waals surface area contributed by atoms with Crippen LogP contribution in [0.3, 0.4) is 0 Å². The van der Waals surface area contributed by atoms with Crippen molar-refractivity contribution in [3.8, 4) is 6.07 Å². The average molecular weight is 445 g/mol. The molecule has 170 valence electrons. The summed E-state index contributed by atoms with van der Waals surface area (Å²) >= 11 is 0. The quantitative estimate of drug-likeness (QED) is 0.518. The number of nitrogens with one attached hydrogen (secondary N) is 1. The smallest absolute Gasteiger partial charge is 0.399 e. The molecule has 1 aliphatic heterocycles. The largest absolute Gasteiger partial charge is 0.495 e. The molecule has 33 heavy (non-hydrogen) atoms. The molecule has 2 fully saturated rings. The summed E-state index contributed by atoms with van der Waals surface area (Å²) in [7, 11) is -0.667. The molecular weight excluding hydrogens is 417 g/mol. The first-order chi connectivity index (χ1) is 15.6. The van der Waals surface area contributed by atoms with Crippen LogP contribution in [-0.2, 0) is 20.5 Å². The van der Waals surface area contributed by atoms with Crippen molar-refractivity contribution in [2.45, 2.75) is 64.6 Å². The molecular formula is C25H28BN3O4. The van der Waals surface area contributed by atoms with E-state index in [0.29, 0.717) is 23.3 Å². The van der Waals surface area contributed by atoms with Crippen LogP contribution < -0.4 is 10.8 Å². The van der Waals surface area contributed by atoms with Gasteiger partial charge in [0.1, 0.15) is 11.5 Å². The second-order valence-corrected chi connectivity index (χ2v) is 9.75. The SMILES string of the molecule is CC1(C)OB(c2cc(NC(=O)C3CC3)nc(C(=O)CCc3ccc(C#N)cc3)c2)OC1(C)C. The average Bonchev–Trinajstić information content (AvgIpc) is 3.59. The van der Waals surface area contributed by atoms with Crippen molar-refractivity contribution >= 4 is 30.1 Å². The van der Waals surface area contributed by atoms with E-state index in [9.17, 15) is 9.59 Å². The van der Waals surface area contributed by atoms with Gasteiger partial charge in [-0.25, -0.2) is 4.98 Å². The zero-order chi connectivity index (χ0) is 23.8. The molecule has 0 unspecified atom stereocenters. The number of anilines is 1. The van der Waals surface area contributed by atoms with Gasteiger partial charge in [0.15, 0.2) is 5.78 Å². The van der Waals surface area contributed by atoms with Crippen molar-refractivity contribution in [3.63, 3.8) is 0 Å². The number of benzene rings is 1. The Morgan fingerprint density at radius 2 is 1.76 bits per heavy atom. The fourth-order valence-corrected chi connectivity index (χ4v) is 3.58. The number of amides is 1. The molecule has 1 saturated heterocycles. The standard InChI is InChI=1S/C25H28BN3O4/c1-24(2)25(3,4)33-26(32-24)19-13-20(28-22(14-19)29-23(31)18-10-11-18)21(30)12-9-16-5-7-17(15-27)8-6-16/h5-8,13-14,18H,9-12H2,1-4H3,(H,28,29,31). The molecule has 2 heterocycles. The van der Waals surface area contributed by atoms with Gasteiger partial charge in [0.25, 0.3) is 0 Å². The number of aryl methyl sites for hydroxylation is 1. The summed E-state index contributed by atoms with van der Waals surface area (Å²) in [5.41, 5.74) is 1.40. The highest BCUT2D eigenvalue weighted by atomic mass is 16.7. The van der Waals surface area contributed by atoms with E-state index in [2.05, 4.69) is 16.4 Å². The van der Waals surface area contributed by atoms with E-state index in [1.54, 1.807) is 24.3 Å². The number of hydrogen-bond donors (Lipinski definition) is 1. The third kappa shape index (κ3) is 5.16. The van der Waals surface area contributed by atoms with Gasteiger partial charge >= 0.3 is 7.12 Å². The molecule has 2 aromatic rings. The van der Waals surface area contributed by atoms with Gasteiger partial charge in [-0.2, -0.15) is 5.26 Å². The maximum Gasteiger partial charge on any atom is 0.495 e. The van der Waals surface area contributed by atoms with Crippen LogP contribution in [0.1, 0.15) is 68.6 Å². The molecule has 1 amide bonds. The number of ketones is 1. The van der Waals surface area contributed by atoms with Crippen LogP contribution in [0.25, 0.3) is 0 Å². The molecule has 0 spiro atoms. The summed E-state index contributed by atoms with van der Waals surface area (Å²) in [5, 5.41) is 11.8. The lowest BCUT2D eigenvalue weighted by Crippen LogP contribution is -2.41. The van der Waals surface area contributed by atoms with E-state index in [4.69, 9.17) is 14.6 Å². The molecule has 1 aromatic carbocycles. The Morgan fingerprint density at radius 3 is 2.33 bits per heavy atom. The minimum absolute atomic E-state index is 0.0165. The molecule has 1 N–H and O–H groups in total. The second-order valence-electron chi connectivity index (χ2n) is 9.75. The first kappa shape index (κ1) is 23.2. The number of rotatable bonds is 7. The third-order valence-electron chi connectivity index (χ3n) is 6.58. The van der Waals surface area contributed by atoms with E-state index >= 15 is 0 Å². The normalized spacial score (nSPS) is 18.6. The topological polar surface area (TPSA) is 101 Å². The Morgan fingerprint density at radius 1 is 1.12 bits per heavy atom. The molecule has 0 radical (unpaired) electrons. The van der Waals surface area contributed by atoms with Gasteiger partial charge < -0.3 is 14.6 Å². The summed E-state index contributed by atoms with van der Waals surface area (Å²) < 4.78 is 12.3. The second kappa shape index (κ2) is 8.73. The Hall–Kier alpha value is -3.02. The van der Waals surface area contributed by atoms with Crippen molar-refractivity contribution in [3.05, 3.63) is 53.2 Å². The number of Topliss-reactive ketones (excluding diaryl/α,β-unsaturated/α-hetero) is 1. The number of hydrogen-bond acceptors (Lipinski definition) is 6. The molecule has 2 aliphatic rings. The predicted molar refractivity (Wildman–Crippen MR) is 125 cm³/mol. The fraction of sp³-hybridized carbons (Fsp3) is 0.440. The lowest BCUT2D eigenvalue weighted by molar-refractivity contribution is -0.117.